The number of hydrogen-bond acceptors (Lipinski definition) is 2. The molecule has 2 aromatic carbocycles. The first-order valence-corrected chi connectivity index (χ1v) is 5.50. The van der Waals surface area contributed by atoms with E-state index in [9.17, 15) is 4.79 Å². The maximum Gasteiger partial charge on any atom is 0.150 e. The van der Waals surface area contributed by atoms with E-state index in [4.69, 9.17) is 5.11 Å². The number of rotatable bonds is 3. The number of carbonyl (C=O) groups excluding carboxylic acids is 1. The molecule has 0 aliphatic rings. The van der Waals surface area contributed by atoms with Crippen LogP contribution in [0.1, 0.15) is 21.5 Å². The topological polar surface area (TPSA) is 37.3 Å². The minimum absolute atomic E-state index is 0.0100. The van der Waals surface area contributed by atoms with Gasteiger partial charge in [-0.1, -0.05) is 35.9 Å². The molecule has 86 valence electrons. The van der Waals surface area contributed by atoms with Gasteiger partial charge in [0.1, 0.15) is 0 Å². The molecule has 0 aliphatic carbocycles. The van der Waals surface area contributed by atoms with Crippen LogP contribution in [0.2, 0.25) is 0 Å². The summed E-state index contributed by atoms with van der Waals surface area (Å²) in [5, 5.41) is 9.11. The van der Waals surface area contributed by atoms with Crippen LogP contribution in [-0.4, -0.2) is 11.4 Å². The van der Waals surface area contributed by atoms with E-state index in [2.05, 4.69) is 0 Å². The fourth-order valence-corrected chi connectivity index (χ4v) is 1.88. The van der Waals surface area contributed by atoms with Crippen LogP contribution in [0.3, 0.4) is 0 Å². The summed E-state index contributed by atoms with van der Waals surface area (Å²) in [6.07, 6.45) is 0.869. The lowest BCUT2D eigenvalue weighted by Gasteiger charge is -2.07. The second kappa shape index (κ2) is 4.93. The summed E-state index contributed by atoms with van der Waals surface area (Å²) < 4.78 is 0. The number of carbonyl (C=O) groups is 1. The van der Waals surface area contributed by atoms with Crippen LogP contribution in [0.15, 0.2) is 42.5 Å². The fraction of sp³-hybridized carbons (Fsp3) is 0.133. The van der Waals surface area contributed by atoms with E-state index in [1.54, 1.807) is 0 Å². The lowest BCUT2D eigenvalue weighted by molar-refractivity contribution is 0.112. The van der Waals surface area contributed by atoms with Crippen LogP contribution < -0.4 is 0 Å². The quantitative estimate of drug-likeness (QED) is 0.817. The molecule has 0 aliphatic heterocycles. The van der Waals surface area contributed by atoms with Crippen LogP contribution in [0.25, 0.3) is 11.1 Å². The molecular formula is C15H14O2. The van der Waals surface area contributed by atoms with Gasteiger partial charge in [-0.25, -0.2) is 0 Å². The monoisotopic (exact) mass is 226 g/mol. The summed E-state index contributed by atoms with van der Waals surface area (Å²) in [6, 6.07) is 13.4. The third-order valence-corrected chi connectivity index (χ3v) is 2.75. The lowest BCUT2D eigenvalue weighted by atomic mass is 9.97. The summed E-state index contributed by atoms with van der Waals surface area (Å²) >= 11 is 0. The molecule has 0 radical (unpaired) electrons. The highest BCUT2D eigenvalue weighted by Gasteiger charge is 2.05. The highest BCUT2D eigenvalue weighted by atomic mass is 16.3. The number of aldehydes is 1. The zero-order valence-electron chi connectivity index (χ0n) is 9.68. The van der Waals surface area contributed by atoms with Crippen molar-refractivity contribution in [2.24, 2.45) is 0 Å². The Morgan fingerprint density at radius 1 is 1.18 bits per heavy atom. The second-order valence-corrected chi connectivity index (χ2v) is 4.07. The van der Waals surface area contributed by atoms with Gasteiger partial charge in [-0.3, -0.25) is 4.79 Å². The summed E-state index contributed by atoms with van der Waals surface area (Å²) in [6.45, 7) is 1.97. The Labute approximate surface area is 101 Å². The first kappa shape index (κ1) is 11.6. The van der Waals surface area contributed by atoms with Crippen molar-refractivity contribution in [3.63, 3.8) is 0 Å². The summed E-state index contributed by atoms with van der Waals surface area (Å²) in [4.78, 5) is 11.1. The zero-order valence-corrected chi connectivity index (χ0v) is 9.68. The zero-order chi connectivity index (χ0) is 12.3. The van der Waals surface area contributed by atoms with Crippen molar-refractivity contribution in [1.82, 2.24) is 0 Å². The molecule has 2 heteroatoms. The highest BCUT2D eigenvalue weighted by Crippen LogP contribution is 2.24. The highest BCUT2D eigenvalue weighted by molar-refractivity contribution is 5.87. The number of hydrogen-bond donors (Lipinski definition) is 1. The Balaban J connectivity index is 2.55. The lowest BCUT2D eigenvalue weighted by Crippen LogP contribution is -1.90. The predicted octanol–water partition coefficient (Wildman–Crippen LogP) is 2.97. The summed E-state index contributed by atoms with van der Waals surface area (Å²) in [7, 11) is 0. The van der Waals surface area contributed by atoms with Gasteiger partial charge < -0.3 is 5.11 Å². The maximum absolute atomic E-state index is 11.1. The molecular weight excluding hydrogens is 212 g/mol. The number of aliphatic hydroxyl groups is 1. The van der Waals surface area contributed by atoms with Crippen LogP contribution in [0, 0.1) is 6.92 Å². The van der Waals surface area contributed by atoms with E-state index in [-0.39, 0.29) is 6.61 Å². The molecule has 1 N–H and O–H groups in total. The Bertz CT molecular complexity index is 544. The van der Waals surface area contributed by atoms with Gasteiger partial charge in [-0.2, -0.15) is 0 Å². The molecule has 0 heterocycles. The summed E-state index contributed by atoms with van der Waals surface area (Å²) in [5.74, 6) is 0. The van der Waals surface area contributed by atoms with Crippen molar-refractivity contribution in [3.8, 4) is 11.1 Å². The standard InChI is InChI=1S/C15H14O2/c1-11-5-6-15(14(7-11)10-17)13-4-2-3-12(8-13)9-16/h2-8,10,16H,9H2,1H3. The number of aliphatic hydroxyl groups excluding tert-OH is 1. The van der Waals surface area contributed by atoms with E-state index in [1.165, 1.54) is 0 Å². The van der Waals surface area contributed by atoms with Gasteiger partial charge in [0.25, 0.3) is 0 Å². The Morgan fingerprint density at radius 3 is 2.71 bits per heavy atom. The minimum Gasteiger partial charge on any atom is -0.392 e. The molecule has 0 aromatic heterocycles. The van der Waals surface area contributed by atoms with Gasteiger partial charge in [0, 0.05) is 5.56 Å². The molecule has 0 saturated heterocycles. The van der Waals surface area contributed by atoms with Crippen molar-refractivity contribution >= 4 is 6.29 Å². The third-order valence-electron chi connectivity index (χ3n) is 2.75. The van der Waals surface area contributed by atoms with E-state index in [0.29, 0.717) is 5.56 Å². The third kappa shape index (κ3) is 2.43. The van der Waals surface area contributed by atoms with Crippen molar-refractivity contribution in [2.75, 3.05) is 0 Å². The maximum atomic E-state index is 11.1. The van der Waals surface area contributed by atoms with Crippen LogP contribution in [0.4, 0.5) is 0 Å². The normalized spacial score (nSPS) is 10.2. The average molecular weight is 226 g/mol. The van der Waals surface area contributed by atoms with E-state index < -0.39 is 0 Å². The molecule has 2 nitrogen and oxygen atoms in total. The fourth-order valence-electron chi connectivity index (χ4n) is 1.88. The van der Waals surface area contributed by atoms with Crippen LogP contribution in [0.5, 0.6) is 0 Å². The largest absolute Gasteiger partial charge is 0.392 e. The first-order valence-electron chi connectivity index (χ1n) is 5.50. The van der Waals surface area contributed by atoms with Gasteiger partial charge in [0.15, 0.2) is 6.29 Å². The van der Waals surface area contributed by atoms with Gasteiger partial charge in [0.2, 0.25) is 0 Å². The van der Waals surface area contributed by atoms with E-state index >= 15 is 0 Å². The van der Waals surface area contributed by atoms with Crippen LogP contribution in [-0.2, 0) is 6.61 Å². The first-order chi connectivity index (χ1) is 8.24. The Hall–Kier alpha value is -1.93. The Morgan fingerprint density at radius 2 is 2.00 bits per heavy atom. The molecule has 0 unspecified atom stereocenters. The van der Waals surface area contributed by atoms with Crippen molar-refractivity contribution in [3.05, 3.63) is 59.2 Å². The summed E-state index contributed by atoms with van der Waals surface area (Å²) in [5.41, 5.74) is 4.45. The molecule has 0 saturated carbocycles. The average Bonchev–Trinajstić information content (AvgIpc) is 2.38. The number of aryl methyl sites for hydroxylation is 1. The molecule has 17 heavy (non-hydrogen) atoms. The molecule has 0 amide bonds. The molecule has 0 spiro atoms. The van der Waals surface area contributed by atoms with Gasteiger partial charge in [-0.15, -0.1) is 0 Å². The van der Waals surface area contributed by atoms with E-state index in [0.717, 1.165) is 28.5 Å². The predicted molar refractivity (Wildman–Crippen MR) is 67.9 cm³/mol. The van der Waals surface area contributed by atoms with Gasteiger partial charge >= 0.3 is 0 Å². The van der Waals surface area contributed by atoms with Gasteiger partial charge in [0.05, 0.1) is 6.61 Å². The molecule has 0 fully saturated rings. The van der Waals surface area contributed by atoms with E-state index in [1.807, 2.05) is 49.4 Å². The Kier molecular flexibility index (Phi) is 3.35. The van der Waals surface area contributed by atoms with Gasteiger partial charge in [-0.05, 0) is 35.7 Å². The van der Waals surface area contributed by atoms with Crippen molar-refractivity contribution in [2.45, 2.75) is 13.5 Å². The SMILES string of the molecule is Cc1ccc(-c2cccc(CO)c2)c(C=O)c1. The minimum atomic E-state index is 0.0100. The molecule has 0 atom stereocenters. The number of benzene rings is 2. The van der Waals surface area contributed by atoms with Crippen molar-refractivity contribution < 1.29 is 9.90 Å². The van der Waals surface area contributed by atoms with Crippen LogP contribution >= 0.6 is 0 Å². The second-order valence-electron chi connectivity index (χ2n) is 4.07. The molecule has 0 bridgehead atoms. The smallest absolute Gasteiger partial charge is 0.150 e. The molecule has 2 aromatic rings. The van der Waals surface area contributed by atoms with Crippen molar-refractivity contribution in [1.29, 1.82) is 0 Å². The molecule has 2 rings (SSSR count).